The van der Waals surface area contributed by atoms with Gasteiger partial charge in [0.05, 0.1) is 0 Å². The Kier molecular flexibility index (Phi) is 4.57. The van der Waals surface area contributed by atoms with Gasteiger partial charge in [-0.15, -0.1) is 0 Å². The van der Waals surface area contributed by atoms with Crippen LogP contribution in [0.2, 0.25) is 0 Å². The Balaban J connectivity index is 0.00000147. The number of allylic oxidation sites excluding steroid dienone is 4. The maximum absolute atomic E-state index is 2.34. The minimum absolute atomic E-state index is 0. The number of hydrogen-bond acceptors (Lipinski definition) is 0. The zero-order chi connectivity index (χ0) is 13.1. The SMILES string of the molecule is C.Cc1cc(C2=CCCC=C2)cc(-c2ccccc2)c1. The normalized spacial score (nSPS) is 13.6. The first-order chi connectivity index (χ1) is 9.33. The first kappa shape index (κ1) is 14.3. The highest BCUT2D eigenvalue weighted by Crippen LogP contribution is 2.28. The number of rotatable bonds is 2. The fraction of sp³-hybridized carbons (Fsp3) is 0.200. The highest BCUT2D eigenvalue weighted by atomic mass is 14.1. The molecule has 0 unspecified atom stereocenters. The van der Waals surface area contributed by atoms with E-state index in [-0.39, 0.29) is 7.43 Å². The molecule has 0 bridgehead atoms. The van der Waals surface area contributed by atoms with Crippen molar-refractivity contribution in [3.05, 3.63) is 77.9 Å². The van der Waals surface area contributed by atoms with E-state index in [1.54, 1.807) is 0 Å². The van der Waals surface area contributed by atoms with E-state index < -0.39 is 0 Å². The number of aryl methyl sites for hydroxylation is 1. The van der Waals surface area contributed by atoms with Gasteiger partial charge >= 0.3 is 0 Å². The molecular weight excluding hydrogens is 240 g/mol. The molecule has 0 saturated carbocycles. The van der Waals surface area contributed by atoms with Gasteiger partial charge in [-0.3, -0.25) is 0 Å². The van der Waals surface area contributed by atoms with Crippen molar-refractivity contribution in [3.63, 3.8) is 0 Å². The second-order valence-electron chi connectivity index (χ2n) is 5.09. The summed E-state index contributed by atoms with van der Waals surface area (Å²) in [7, 11) is 0. The van der Waals surface area contributed by atoms with Crippen molar-refractivity contribution < 1.29 is 0 Å². The molecule has 0 aliphatic heterocycles. The maximum Gasteiger partial charge on any atom is -0.0175 e. The molecule has 0 nitrogen and oxygen atoms in total. The van der Waals surface area contributed by atoms with Crippen LogP contribution in [0.3, 0.4) is 0 Å². The summed E-state index contributed by atoms with van der Waals surface area (Å²) < 4.78 is 0. The van der Waals surface area contributed by atoms with Crippen molar-refractivity contribution in [1.29, 1.82) is 0 Å². The minimum atomic E-state index is 0. The zero-order valence-corrected chi connectivity index (χ0v) is 11.3. The lowest BCUT2D eigenvalue weighted by Gasteiger charge is -2.11. The molecule has 0 fully saturated rings. The van der Waals surface area contributed by atoms with Crippen LogP contribution in [0.25, 0.3) is 16.7 Å². The average Bonchev–Trinajstić information content (AvgIpc) is 2.48. The topological polar surface area (TPSA) is 0 Å². The van der Waals surface area contributed by atoms with Crippen molar-refractivity contribution in [2.45, 2.75) is 27.2 Å². The van der Waals surface area contributed by atoms with Crippen LogP contribution in [0.5, 0.6) is 0 Å². The van der Waals surface area contributed by atoms with Crippen LogP contribution in [0.4, 0.5) is 0 Å². The zero-order valence-electron chi connectivity index (χ0n) is 11.3. The van der Waals surface area contributed by atoms with Crippen LogP contribution >= 0.6 is 0 Å². The Morgan fingerprint density at radius 2 is 1.55 bits per heavy atom. The molecule has 0 atom stereocenters. The van der Waals surface area contributed by atoms with Gasteiger partial charge in [0, 0.05) is 0 Å². The summed E-state index contributed by atoms with van der Waals surface area (Å²) in [5.74, 6) is 0. The molecule has 2 aromatic rings. The lowest BCUT2D eigenvalue weighted by Crippen LogP contribution is -1.89. The number of hydrogen-bond donors (Lipinski definition) is 0. The van der Waals surface area contributed by atoms with Crippen molar-refractivity contribution in [3.8, 4) is 11.1 Å². The highest BCUT2D eigenvalue weighted by Gasteiger charge is 2.05. The van der Waals surface area contributed by atoms with Crippen LogP contribution in [0.15, 0.2) is 66.8 Å². The third kappa shape index (κ3) is 3.08. The quantitative estimate of drug-likeness (QED) is 0.619. The standard InChI is InChI=1S/C19H18.CH4/c1-15-12-18(16-8-4-2-5-9-16)14-19(13-15)17-10-6-3-7-11-17;/h2,4-6,8-14H,3,7H2,1H3;1H4. The van der Waals surface area contributed by atoms with Gasteiger partial charge in [-0.25, -0.2) is 0 Å². The van der Waals surface area contributed by atoms with E-state index in [2.05, 4.69) is 73.7 Å². The van der Waals surface area contributed by atoms with Crippen LogP contribution < -0.4 is 0 Å². The Morgan fingerprint density at radius 3 is 2.25 bits per heavy atom. The molecule has 0 heterocycles. The van der Waals surface area contributed by atoms with Crippen LogP contribution in [-0.4, -0.2) is 0 Å². The molecule has 2 aromatic carbocycles. The smallest absolute Gasteiger partial charge is 0.0175 e. The van der Waals surface area contributed by atoms with Gasteiger partial charge < -0.3 is 0 Å². The molecule has 102 valence electrons. The highest BCUT2D eigenvalue weighted by molar-refractivity contribution is 5.79. The molecule has 20 heavy (non-hydrogen) atoms. The summed E-state index contributed by atoms with van der Waals surface area (Å²) in [5.41, 5.74) is 6.58. The first-order valence-corrected chi connectivity index (χ1v) is 6.87. The molecule has 0 heteroatoms. The van der Waals surface area contributed by atoms with Gasteiger partial charge in [-0.05, 0) is 53.7 Å². The Bertz CT molecular complexity index is 630. The van der Waals surface area contributed by atoms with Gasteiger partial charge in [-0.1, -0.05) is 68.1 Å². The molecule has 0 radical (unpaired) electrons. The largest absolute Gasteiger partial charge is 0.0836 e. The minimum Gasteiger partial charge on any atom is -0.0836 e. The molecule has 0 spiro atoms. The maximum atomic E-state index is 2.34. The van der Waals surface area contributed by atoms with Crippen LogP contribution in [0, 0.1) is 6.92 Å². The van der Waals surface area contributed by atoms with Crippen molar-refractivity contribution in [2.24, 2.45) is 0 Å². The lowest BCUT2D eigenvalue weighted by atomic mass is 9.94. The predicted molar refractivity (Wildman–Crippen MR) is 89.7 cm³/mol. The summed E-state index contributed by atoms with van der Waals surface area (Å²) in [6.07, 6.45) is 9.16. The van der Waals surface area contributed by atoms with E-state index in [0.717, 1.165) is 6.42 Å². The summed E-state index contributed by atoms with van der Waals surface area (Å²) in [6.45, 7) is 2.17. The molecule has 0 N–H and O–H groups in total. The van der Waals surface area contributed by atoms with Crippen LogP contribution in [-0.2, 0) is 0 Å². The van der Waals surface area contributed by atoms with E-state index in [1.165, 1.54) is 34.2 Å². The molecule has 1 aliphatic rings. The molecule has 0 aromatic heterocycles. The van der Waals surface area contributed by atoms with Crippen molar-refractivity contribution in [2.75, 3.05) is 0 Å². The monoisotopic (exact) mass is 262 g/mol. The summed E-state index contributed by atoms with van der Waals surface area (Å²) in [6, 6.07) is 17.4. The predicted octanol–water partition coefficient (Wildman–Crippen LogP) is 6.03. The number of benzene rings is 2. The Hall–Kier alpha value is -2.08. The second-order valence-corrected chi connectivity index (χ2v) is 5.09. The van der Waals surface area contributed by atoms with E-state index in [1.807, 2.05) is 0 Å². The fourth-order valence-electron chi connectivity index (χ4n) is 2.57. The molecule has 1 aliphatic carbocycles. The van der Waals surface area contributed by atoms with Gasteiger partial charge in [0.2, 0.25) is 0 Å². The molecule has 0 amide bonds. The third-order valence-electron chi connectivity index (χ3n) is 3.51. The Morgan fingerprint density at radius 1 is 0.800 bits per heavy atom. The molecule has 0 saturated heterocycles. The summed E-state index contributed by atoms with van der Waals surface area (Å²) in [4.78, 5) is 0. The first-order valence-electron chi connectivity index (χ1n) is 6.87. The van der Waals surface area contributed by atoms with E-state index >= 15 is 0 Å². The van der Waals surface area contributed by atoms with E-state index in [0.29, 0.717) is 0 Å². The van der Waals surface area contributed by atoms with Crippen LogP contribution in [0.1, 0.15) is 31.4 Å². The van der Waals surface area contributed by atoms with Gasteiger partial charge in [-0.2, -0.15) is 0 Å². The van der Waals surface area contributed by atoms with E-state index in [9.17, 15) is 0 Å². The Labute approximate surface area is 122 Å². The lowest BCUT2D eigenvalue weighted by molar-refractivity contribution is 1.04. The average molecular weight is 262 g/mol. The third-order valence-corrected chi connectivity index (χ3v) is 3.51. The van der Waals surface area contributed by atoms with Gasteiger partial charge in [0.25, 0.3) is 0 Å². The fourth-order valence-corrected chi connectivity index (χ4v) is 2.57. The molecular formula is C20H22. The summed E-state index contributed by atoms with van der Waals surface area (Å²) in [5, 5.41) is 0. The van der Waals surface area contributed by atoms with E-state index in [4.69, 9.17) is 0 Å². The van der Waals surface area contributed by atoms with Crippen molar-refractivity contribution in [1.82, 2.24) is 0 Å². The van der Waals surface area contributed by atoms with Gasteiger partial charge in [0.15, 0.2) is 0 Å². The molecule has 3 rings (SSSR count). The van der Waals surface area contributed by atoms with Crippen molar-refractivity contribution >= 4 is 5.57 Å². The van der Waals surface area contributed by atoms with Gasteiger partial charge in [0.1, 0.15) is 0 Å². The second kappa shape index (κ2) is 6.38. The summed E-state index contributed by atoms with van der Waals surface area (Å²) >= 11 is 0.